The fourth-order valence-corrected chi connectivity index (χ4v) is 4.29. The molecule has 0 unspecified atom stereocenters. The Labute approximate surface area is 206 Å². The molecule has 182 valence electrons. The van der Waals surface area contributed by atoms with Gasteiger partial charge in [0.25, 0.3) is 11.8 Å². The first-order valence-corrected chi connectivity index (χ1v) is 10.9. The highest BCUT2D eigenvalue weighted by Gasteiger charge is 2.38. The van der Waals surface area contributed by atoms with Crippen molar-refractivity contribution in [1.29, 1.82) is 0 Å². The van der Waals surface area contributed by atoms with Crippen molar-refractivity contribution in [3.63, 3.8) is 0 Å². The fourth-order valence-electron chi connectivity index (χ4n) is 4.03. The number of imide groups is 1. The molecule has 1 aliphatic rings. The molecule has 0 bridgehead atoms. The third-order valence-electron chi connectivity index (χ3n) is 5.78. The Bertz CT molecular complexity index is 1590. The predicted octanol–water partition coefficient (Wildman–Crippen LogP) is 4.26. The van der Waals surface area contributed by atoms with E-state index in [1.165, 1.54) is 6.07 Å². The van der Waals surface area contributed by atoms with Crippen LogP contribution < -0.4 is 10.6 Å². The van der Waals surface area contributed by atoms with Crippen molar-refractivity contribution in [2.24, 2.45) is 0 Å². The Morgan fingerprint density at radius 1 is 0.917 bits per heavy atom. The minimum absolute atomic E-state index is 0.00847. The second kappa shape index (κ2) is 8.45. The van der Waals surface area contributed by atoms with Gasteiger partial charge in [-0.2, -0.15) is 22.5 Å². The van der Waals surface area contributed by atoms with E-state index in [0.717, 1.165) is 38.5 Å². The number of aromatic nitrogens is 4. The van der Waals surface area contributed by atoms with Gasteiger partial charge in [-0.3, -0.25) is 9.59 Å². The highest BCUT2D eigenvalue weighted by Crippen LogP contribution is 2.34. The summed E-state index contributed by atoms with van der Waals surface area (Å²) in [5.74, 6) is -1.00. The first kappa shape index (κ1) is 23.5. The molecule has 8 nitrogen and oxygen atoms in total. The zero-order chi connectivity index (χ0) is 25.8. The molecule has 0 saturated carbocycles. The molecule has 0 atom stereocenters. The molecule has 0 aliphatic carbocycles. The van der Waals surface area contributed by atoms with Crippen LogP contribution in [0.5, 0.6) is 0 Å². The number of hydrogen-bond acceptors (Lipinski definition) is 5. The van der Waals surface area contributed by atoms with Gasteiger partial charge in [-0.15, -0.1) is 0 Å². The summed E-state index contributed by atoms with van der Waals surface area (Å²) in [6, 6.07) is 13.6. The number of carbonyl (C=O) groups is 2. The van der Waals surface area contributed by atoms with E-state index in [0.29, 0.717) is 16.8 Å². The van der Waals surface area contributed by atoms with Gasteiger partial charge in [0, 0.05) is 0 Å². The number of nitrogens with zero attached hydrogens (tertiary/aromatic N) is 5. The van der Waals surface area contributed by atoms with Crippen molar-refractivity contribution in [3.05, 3.63) is 104 Å². The Hall–Kier alpha value is -4.25. The summed E-state index contributed by atoms with van der Waals surface area (Å²) in [5, 5.41) is 7.76. The van der Waals surface area contributed by atoms with Crippen molar-refractivity contribution in [2.75, 3.05) is 4.90 Å². The lowest BCUT2D eigenvalue weighted by Gasteiger charge is -2.17. The first-order chi connectivity index (χ1) is 17.1. The van der Waals surface area contributed by atoms with Crippen molar-refractivity contribution in [3.8, 4) is 5.69 Å². The monoisotopic (exact) mass is 513 g/mol. The van der Waals surface area contributed by atoms with Crippen LogP contribution in [0.1, 0.15) is 37.4 Å². The summed E-state index contributed by atoms with van der Waals surface area (Å²) in [7, 11) is 0. The maximum Gasteiger partial charge on any atom is 0.416 e. The van der Waals surface area contributed by atoms with Crippen LogP contribution in [0.15, 0.2) is 65.5 Å². The molecule has 2 amide bonds. The number of alkyl halides is 3. The number of benzene rings is 3. The number of amides is 2. The summed E-state index contributed by atoms with van der Waals surface area (Å²) >= 11 is 6.13. The molecule has 1 aliphatic heterocycles. The van der Waals surface area contributed by atoms with Gasteiger partial charge in [-0.25, -0.2) is 9.69 Å². The molecule has 2 heterocycles. The number of tetrazole rings is 1. The summed E-state index contributed by atoms with van der Waals surface area (Å²) in [6.45, 7) is 1.72. The van der Waals surface area contributed by atoms with E-state index in [-0.39, 0.29) is 28.4 Å². The minimum atomic E-state index is -4.50. The Balaban J connectivity index is 1.39. The van der Waals surface area contributed by atoms with E-state index in [4.69, 9.17) is 11.6 Å². The Morgan fingerprint density at radius 2 is 1.64 bits per heavy atom. The summed E-state index contributed by atoms with van der Waals surface area (Å²) < 4.78 is 40.3. The smallest absolute Gasteiger partial charge is 0.268 e. The van der Waals surface area contributed by atoms with Gasteiger partial charge in [0.15, 0.2) is 0 Å². The number of fused-ring (bicyclic) bond motifs is 1. The molecule has 4 aromatic rings. The molecule has 12 heteroatoms. The molecular formula is C24H15ClF3N5O3. The van der Waals surface area contributed by atoms with Crippen molar-refractivity contribution in [2.45, 2.75) is 19.6 Å². The maximum absolute atomic E-state index is 12.9. The molecular weight excluding hydrogens is 499 g/mol. The lowest BCUT2D eigenvalue weighted by Crippen LogP contribution is -2.30. The largest absolute Gasteiger partial charge is 0.416 e. The number of rotatable bonds is 4. The second-order valence-electron chi connectivity index (χ2n) is 8.10. The maximum atomic E-state index is 12.9. The molecule has 0 fully saturated rings. The third-order valence-corrected chi connectivity index (χ3v) is 6.09. The van der Waals surface area contributed by atoms with Crippen LogP contribution in [-0.4, -0.2) is 31.6 Å². The number of halogens is 4. The SMILES string of the molecule is Cc1cc(Cn2nnn(-c3ccc(C(F)(F)F)cc3)c2=O)ccc1N1C(=O)c2cccc(Cl)c2C1=O. The highest BCUT2D eigenvalue weighted by molar-refractivity contribution is 6.42. The van der Waals surface area contributed by atoms with Crippen LogP contribution in [0.4, 0.5) is 18.9 Å². The quantitative estimate of drug-likeness (QED) is 0.380. The molecule has 0 saturated heterocycles. The van der Waals surface area contributed by atoms with Gasteiger partial charge in [-0.05, 0) is 70.9 Å². The number of aryl methyl sites for hydroxylation is 1. The molecule has 3 aromatic carbocycles. The Kier molecular flexibility index (Phi) is 5.51. The van der Waals surface area contributed by atoms with Crippen LogP contribution in [0, 0.1) is 6.92 Å². The zero-order valence-electron chi connectivity index (χ0n) is 18.5. The predicted molar refractivity (Wildman–Crippen MR) is 123 cm³/mol. The van der Waals surface area contributed by atoms with Gasteiger partial charge in [0.05, 0.1) is 39.6 Å². The zero-order valence-corrected chi connectivity index (χ0v) is 19.2. The normalized spacial score (nSPS) is 13.4. The molecule has 0 N–H and O–H groups in total. The van der Waals surface area contributed by atoms with E-state index < -0.39 is 29.2 Å². The highest BCUT2D eigenvalue weighted by atomic mass is 35.5. The van der Waals surface area contributed by atoms with Crippen LogP contribution in [-0.2, 0) is 12.7 Å². The lowest BCUT2D eigenvalue weighted by atomic mass is 10.1. The van der Waals surface area contributed by atoms with E-state index in [2.05, 4.69) is 10.4 Å². The fraction of sp³-hybridized carbons (Fsp3) is 0.125. The van der Waals surface area contributed by atoms with Gasteiger partial charge in [-0.1, -0.05) is 29.8 Å². The standard InChI is InChI=1S/C24H15ClF3N5O3/c1-13-11-14(5-10-19(13)32-21(34)17-3-2-4-18(25)20(17)22(32)35)12-31-23(36)33(30-29-31)16-8-6-15(7-9-16)24(26,27)28/h2-11H,12H2,1H3. The van der Waals surface area contributed by atoms with Crippen molar-refractivity contribution >= 4 is 29.1 Å². The van der Waals surface area contributed by atoms with Crippen molar-refractivity contribution in [1.82, 2.24) is 19.8 Å². The lowest BCUT2D eigenvalue weighted by molar-refractivity contribution is -0.137. The van der Waals surface area contributed by atoms with Crippen LogP contribution >= 0.6 is 11.6 Å². The summed E-state index contributed by atoms with van der Waals surface area (Å²) in [6.07, 6.45) is -4.50. The first-order valence-electron chi connectivity index (χ1n) is 10.5. The number of anilines is 1. The van der Waals surface area contributed by atoms with Gasteiger partial charge in [0.2, 0.25) is 0 Å². The molecule has 0 spiro atoms. The third kappa shape index (κ3) is 3.87. The summed E-state index contributed by atoms with van der Waals surface area (Å²) in [5.41, 5.74) is 0.626. The molecule has 36 heavy (non-hydrogen) atoms. The van der Waals surface area contributed by atoms with E-state index in [9.17, 15) is 27.6 Å². The minimum Gasteiger partial charge on any atom is -0.268 e. The molecule has 5 rings (SSSR count). The summed E-state index contributed by atoms with van der Waals surface area (Å²) in [4.78, 5) is 39.6. The number of hydrogen-bond donors (Lipinski definition) is 0. The van der Waals surface area contributed by atoms with E-state index in [1.54, 1.807) is 37.3 Å². The van der Waals surface area contributed by atoms with Gasteiger partial charge < -0.3 is 0 Å². The average molecular weight is 514 g/mol. The van der Waals surface area contributed by atoms with E-state index >= 15 is 0 Å². The molecule has 1 aromatic heterocycles. The van der Waals surface area contributed by atoms with E-state index in [1.807, 2.05) is 0 Å². The second-order valence-corrected chi connectivity index (χ2v) is 8.51. The van der Waals surface area contributed by atoms with Crippen LogP contribution in [0.3, 0.4) is 0 Å². The Morgan fingerprint density at radius 3 is 2.28 bits per heavy atom. The number of carbonyl (C=O) groups excluding carboxylic acids is 2. The van der Waals surface area contributed by atoms with Crippen molar-refractivity contribution < 1.29 is 22.8 Å². The van der Waals surface area contributed by atoms with Gasteiger partial charge in [0.1, 0.15) is 0 Å². The van der Waals surface area contributed by atoms with Gasteiger partial charge >= 0.3 is 11.9 Å². The topological polar surface area (TPSA) is 90.1 Å². The van der Waals surface area contributed by atoms with Crippen LogP contribution in [0.2, 0.25) is 5.02 Å². The van der Waals surface area contributed by atoms with Crippen LogP contribution in [0.25, 0.3) is 5.69 Å². The molecule has 0 radical (unpaired) electrons. The average Bonchev–Trinajstić information content (AvgIpc) is 3.31.